The Hall–Kier alpha value is -1.86. The Morgan fingerprint density at radius 2 is 1.88 bits per heavy atom. The third kappa shape index (κ3) is 2.61. The maximum atomic E-state index is 11.5. The van der Waals surface area contributed by atoms with E-state index in [0.717, 1.165) is 23.9 Å². The smallest absolute Gasteiger partial charge is 0.478 e. The minimum atomic E-state index is -0.986. The van der Waals surface area contributed by atoms with Gasteiger partial charge in [0.15, 0.2) is 0 Å². The van der Waals surface area contributed by atoms with Crippen LogP contribution in [0.15, 0.2) is 18.5 Å². The lowest BCUT2D eigenvalue weighted by Gasteiger charge is -2.32. The summed E-state index contributed by atoms with van der Waals surface area (Å²) in [6.45, 7) is 10.8. The molecule has 6 nitrogen and oxygen atoms in total. The zero-order chi connectivity index (χ0) is 17.7. The molecule has 1 aromatic heterocycles. The molecule has 0 saturated carbocycles. The summed E-state index contributed by atoms with van der Waals surface area (Å²) in [5.41, 5.74) is 1.45. The van der Waals surface area contributed by atoms with Gasteiger partial charge >= 0.3 is 13.1 Å². The van der Waals surface area contributed by atoms with Crippen molar-refractivity contribution in [2.75, 3.05) is 0 Å². The summed E-state index contributed by atoms with van der Waals surface area (Å²) in [6.07, 6.45) is 2.70. The summed E-state index contributed by atoms with van der Waals surface area (Å²) in [7, 11) is -0.621. The lowest BCUT2D eigenvalue weighted by atomic mass is 9.77. The van der Waals surface area contributed by atoms with E-state index in [1.54, 1.807) is 18.5 Å². The first-order valence-electron chi connectivity index (χ1n) is 8.24. The molecule has 0 bridgehead atoms. The van der Waals surface area contributed by atoms with E-state index >= 15 is 0 Å². The molecular formula is C17H23BN2O4. The fourth-order valence-electron chi connectivity index (χ4n) is 2.93. The van der Waals surface area contributed by atoms with Crippen LogP contribution >= 0.6 is 0 Å². The van der Waals surface area contributed by atoms with Gasteiger partial charge in [-0.05, 0) is 46.2 Å². The van der Waals surface area contributed by atoms with Crippen molar-refractivity contribution in [3.05, 3.63) is 24.0 Å². The van der Waals surface area contributed by atoms with Gasteiger partial charge in [0, 0.05) is 12.0 Å². The average Bonchev–Trinajstić information content (AvgIpc) is 2.97. The van der Waals surface area contributed by atoms with Crippen molar-refractivity contribution in [3.63, 3.8) is 0 Å². The zero-order valence-corrected chi connectivity index (χ0v) is 14.8. The van der Waals surface area contributed by atoms with Gasteiger partial charge in [0.2, 0.25) is 0 Å². The maximum absolute atomic E-state index is 11.5. The first-order chi connectivity index (χ1) is 11.2. The standard InChI is InChI=1S/C17H23BN2O4/c1-6-7-20-10-19-13-9-11(15(21)22)8-12(14(13)20)18-23-16(2,3)17(4,5)24-18/h8-10H,6-7H2,1-5H3,(H,21,22). The molecule has 2 heterocycles. The van der Waals surface area contributed by atoms with Crippen LogP contribution in [-0.4, -0.2) is 38.9 Å². The highest BCUT2D eigenvalue weighted by Crippen LogP contribution is 2.37. The number of aromatic nitrogens is 2. The third-order valence-electron chi connectivity index (χ3n) is 4.96. The molecule has 1 aliphatic rings. The number of carbonyl (C=O) groups is 1. The van der Waals surface area contributed by atoms with Crippen LogP contribution in [0, 0.1) is 0 Å². The van der Waals surface area contributed by atoms with E-state index in [2.05, 4.69) is 11.9 Å². The van der Waals surface area contributed by atoms with E-state index in [1.165, 1.54) is 0 Å². The first-order valence-corrected chi connectivity index (χ1v) is 8.24. The molecule has 1 N–H and O–H groups in total. The van der Waals surface area contributed by atoms with Crippen molar-refractivity contribution >= 4 is 29.6 Å². The Morgan fingerprint density at radius 3 is 2.42 bits per heavy atom. The molecule has 128 valence electrons. The predicted octanol–water partition coefficient (Wildman–Crippen LogP) is 2.44. The van der Waals surface area contributed by atoms with Crippen LogP contribution in [0.2, 0.25) is 0 Å². The van der Waals surface area contributed by atoms with Gasteiger partial charge in [-0.3, -0.25) is 0 Å². The van der Waals surface area contributed by atoms with Crippen molar-refractivity contribution in [1.29, 1.82) is 0 Å². The molecule has 0 aliphatic carbocycles. The molecule has 1 saturated heterocycles. The largest absolute Gasteiger partial charge is 0.497 e. The van der Waals surface area contributed by atoms with E-state index in [4.69, 9.17) is 9.31 Å². The summed E-state index contributed by atoms with van der Waals surface area (Å²) in [5.74, 6) is -0.986. The Bertz CT molecular complexity index is 781. The number of fused-ring (bicyclic) bond motifs is 1. The van der Waals surface area contributed by atoms with Crippen LogP contribution < -0.4 is 5.46 Å². The molecule has 0 unspecified atom stereocenters. The highest BCUT2D eigenvalue weighted by molar-refractivity contribution is 6.65. The summed E-state index contributed by atoms with van der Waals surface area (Å²) >= 11 is 0. The van der Waals surface area contributed by atoms with E-state index in [9.17, 15) is 9.90 Å². The number of aryl methyl sites for hydroxylation is 1. The fraction of sp³-hybridized carbons (Fsp3) is 0.529. The maximum Gasteiger partial charge on any atom is 0.497 e. The predicted molar refractivity (Wildman–Crippen MR) is 92.7 cm³/mol. The molecular weight excluding hydrogens is 307 g/mol. The summed E-state index contributed by atoms with van der Waals surface area (Å²) in [5, 5.41) is 9.41. The van der Waals surface area contributed by atoms with E-state index < -0.39 is 24.3 Å². The average molecular weight is 330 g/mol. The summed E-state index contributed by atoms with van der Waals surface area (Å²) in [4.78, 5) is 15.9. The number of nitrogens with zero attached hydrogens (tertiary/aromatic N) is 2. The third-order valence-corrected chi connectivity index (χ3v) is 4.96. The van der Waals surface area contributed by atoms with E-state index in [0.29, 0.717) is 5.52 Å². The van der Waals surface area contributed by atoms with Crippen molar-refractivity contribution in [1.82, 2.24) is 9.55 Å². The lowest BCUT2D eigenvalue weighted by Crippen LogP contribution is -2.41. The van der Waals surface area contributed by atoms with Crippen molar-refractivity contribution < 1.29 is 19.2 Å². The molecule has 1 fully saturated rings. The molecule has 2 aromatic rings. The van der Waals surface area contributed by atoms with E-state index in [-0.39, 0.29) is 5.56 Å². The second kappa shape index (κ2) is 5.60. The molecule has 0 radical (unpaired) electrons. The van der Waals surface area contributed by atoms with Crippen molar-refractivity contribution in [2.45, 2.75) is 58.8 Å². The Labute approximate surface area is 141 Å². The molecule has 0 amide bonds. The molecule has 24 heavy (non-hydrogen) atoms. The number of imidazole rings is 1. The van der Waals surface area contributed by atoms with Crippen LogP contribution in [0.1, 0.15) is 51.4 Å². The Balaban J connectivity index is 2.18. The minimum absolute atomic E-state index is 0.189. The molecule has 0 atom stereocenters. The zero-order valence-electron chi connectivity index (χ0n) is 14.8. The Morgan fingerprint density at radius 1 is 1.25 bits per heavy atom. The molecule has 7 heteroatoms. The van der Waals surface area contributed by atoms with Crippen molar-refractivity contribution in [3.8, 4) is 0 Å². The second-order valence-corrected chi connectivity index (χ2v) is 7.26. The SMILES string of the molecule is CCCn1cnc2cc(C(=O)O)cc(B3OC(C)(C)C(C)(C)O3)c21. The fourth-order valence-corrected chi connectivity index (χ4v) is 2.93. The molecule has 3 rings (SSSR count). The van der Waals surface area contributed by atoms with Crippen LogP contribution in [0.5, 0.6) is 0 Å². The van der Waals surface area contributed by atoms with Gasteiger partial charge in [0.1, 0.15) is 0 Å². The van der Waals surface area contributed by atoms with Gasteiger partial charge in [0.25, 0.3) is 0 Å². The quantitative estimate of drug-likeness (QED) is 0.872. The normalized spacial score (nSPS) is 19.1. The monoisotopic (exact) mass is 330 g/mol. The minimum Gasteiger partial charge on any atom is -0.478 e. The molecule has 1 aliphatic heterocycles. The van der Waals surface area contributed by atoms with Crippen LogP contribution in [0.3, 0.4) is 0 Å². The first kappa shape index (κ1) is 17.0. The van der Waals surface area contributed by atoms with Gasteiger partial charge in [-0.1, -0.05) is 6.92 Å². The highest BCUT2D eigenvalue weighted by atomic mass is 16.7. The van der Waals surface area contributed by atoms with Gasteiger partial charge in [0.05, 0.1) is 34.1 Å². The van der Waals surface area contributed by atoms with Gasteiger partial charge in [-0.15, -0.1) is 0 Å². The topological polar surface area (TPSA) is 73.6 Å². The number of carboxylic acid groups (broad SMARTS) is 1. The number of hydrogen-bond donors (Lipinski definition) is 1. The lowest BCUT2D eigenvalue weighted by molar-refractivity contribution is 0.00578. The van der Waals surface area contributed by atoms with Crippen molar-refractivity contribution in [2.24, 2.45) is 0 Å². The summed E-state index contributed by atoms with van der Waals surface area (Å²) in [6, 6.07) is 3.24. The highest BCUT2D eigenvalue weighted by Gasteiger charge is 2.52. The van der Waals surface area contributed by atoms with Gasteiger partial charge in [-0.2, -0.15) is 0 Å². The number of hydrogen-bond acceptors (Lipinski definition) is 4. The van der Waals surface area contributed by atoms with Gasteiger partial charge < -0.3 is 19.0 Å². The molecule has 0 spiro atoms. The van der Waals surface area contributed by atoms with Gasteiger partial charge in [-0.25, -0.2) is 9.78 Å². The Kier molecular flexibility index (Phi) is 3.96. The van der Waals surface area contributed by atoms with Crippen LogP contribution in [0.4, 0.5) is 0 Å². The van der Waals surface area contributed by atoms with Crippen LogP contribution in [-0.2, 0) is 15.9 Å². The summed E-state index contributed by atoms with van der Waals surface area (Å²) < 4.78 is 14.3. The number of rotatable bonds is 4. The molecule has 1 aromatic carbocycles. The number of carboxylic acids is 1. The second-order valence-electron chi connectivity index (χ2n) is 7.26. The number of aromatic carboxylic acids is 1. The van der Waals surface area contributed by atoms with Crippen LogP contribution in [0.25, 0.3) is 11.0 Å². The number of benzene rings is 1. The van der Waals surface area contributed by atoms with E-state index in [1.807, 2.05) is 32.3 Å².